The van der Waals surface area contributed by atoms with Gasteiger partial charge in [0.1, 0.15) is 5.00 Å². The Labute approximate surface area is 108 Å². The number of hydrogen-bond donors (Lipinski definition) is 2. The summed E-state index contributed by atoms with van der Waals surface area (Å²) in [6, 6.07) is 1.20. The van der Waals surface area contributed by atoms with Crippen LogP contribution in [0.15, 0.2) is 11.4 Å². The van der Waals surface area contributed by atoms with Gasteiger partial charge in [0.05, 0.1) is 11.7 Å². The van der Waals surface area contributed by atoms with Gasteiger partial charge in [-0.25, -0.2) is 9.59 Å². The third-order valence-corrected chi connectivity index (χ3v) is 3.71. The van der Waals surface area contributed by atoms with Crippen LogP contribution in [0.2, 0.25) is 0 Å². The zero-order chi connectivity index (χ0) is 13.1. The summed E-state index contributed by atoms with van der Waals surface area (Å²) >= 11 is 1.20. The first-order valence-corrected chi connectivity index (χ1v) is 6.39. The Balaban J connectivity index is 1.99. The fraction of sp³-hybridized carbons (Fsp3) is 0.455. The molecule has 1 aromatic heterocycles. The Morgan fingerprint density at radius 1 is 1.61 bits per heavy atom. The van der Waals surface area contributed by atoms with Gasteiger partial charge in [0.15, 0.2) is 0 Å². The van der Waals surface area contributed by atoms with Crippen LogP contribution in [0.3, 0.4) is 0 Å². The van der Waals surface area contributed by atoms with Crippen LogP contribution >= 0.6 is 11.3 Å². The van der Waals surface area contributed by atoms with Crippen molar-refractivity contribution >= 4 is 28.3 Å². The number of hydrogen-bond acceptors (Lipinski definition) is 4. The molecular weight excluding hydrogens is 256 g/mol. The Kier molecular flexibility index (Phi) is 3.83. The second-order valence-electron chi connectivity index (χ2n) is 3.99. The first-order valence-electron chi connectivity index (χ1n) is 5.51. The van der Waals surface area contributed by atoms with E-state index in [-0.39, 0.29) is 17.7 Å². The molecule has 1 unspecified atom stereocenters. The smallest absolute Gasteiger partial charge is 0.338 e. The number of rotatable bonds is 3. The highest BCUT2D eigenvalue weighted by molar-refractivity contribution is 7.14. The van der Waals surface area contributed by atoms with Gasteiger partial charge in [-0.05, 0) is 17.9 Å². The van der Waals surface area contributed by atoms with Gasteiger partial charge in [0.25, 0.3) is 0 Å². The summed E-state index contributed by atoms with van der Waals surface area (Å²) in [6.45, 7) is 1.16. The number of carbonyl (C=O) groups excluding carboxylic acids is 1. The number of nitrogens with one attached hydrogen (secondary N) is 1. The van der Waals surface area contributed by atoms with Crippen molar-refractivity contribution in [1.82, 2.24) is 4.90 Å². The van der Waals surface area contributed by atoms with E-state index in [1.807, 2.05) is 0 Å². The maximum Gasteiger partial charge on any atom is 0.338 e. The molecule has 1 atom stereocenters. The molecule has 98 valence electrons. The van der Waals surface area contributed by atoms with E-state index in [0.29, 0.717) is 18.1 Å². The van der Waals surface area contributed by atoms with Gasteiger partial charge in [-0.1, -0.05) is 0 Å². The summed E-state index contributed by atoms with van der Waals surface area (Å²) in [5.41, 5.74) is 0.121. The molecule has 0 aromatic carbocycles. The highest BCUT2D eigenvalue weighted by Crippen LogP contribution is 2.24. The summed E-state index contributed by atoms with van der Waals surface area (Å²) in [5.74, 6) is -1.04. The average Bonchev–Trinajstić information content (AvgIpc) is 2.96. The van der Waals surface area contributed by atoms with Gasteiger partial charge in [-0.3, -0.25) is 5.32 Å². The highest BCUT2D eigenvalue weighted by Gasteiger charge is 2.27. The number of likely N-dealkylation sites (tertiary alicyclic amines) is 1. The molecule has 18 heavy (non-hydrogen) atoms. The fourth-order valence-electron chi connectivity index (χ4n) is 1.86. The molecule has 0 bridgehead atoms. The number of anilines is 1. The molecule has 0 saturated carbocycles. The first-order chi connectivity index (χ1) is 8.61. The molecule has 0 spiro atoms. The number of nitrogens with zero attached hydrogens (tertiary/aromatic N) is 1. The molecule has 2 heterocycles. The third-order valence-electron chi connectivity index (χ3n) is 2.88. The van der Waals surface area contributed by atoms with Gasteiger partial charge < -0.3 is 14.7 Å². The van der Waals surface area contributed by atoms with Crippen molar-refractivity contribution in [3.05, 3.63) is 17.0 Å². The van der Waals surface area contributed by atoms with Crippen molar-refractivity contribution in [2.75, 3.05) is 25.5 Å². The van der Waals surface area contributed by atoms with Crippen molar-refractivity contribution in [2.24, 2.45) is 0 Å². The minimum atomic E-state index is -1.04. The number of ether oxygens (including phenoxy) is 1. The molecule has 2 rings (SSSR count). The van der Waals surface area contributed by atoms with Crippen LogP contribution in [-0.4, -0.2) is 48.3 Å². The number of thiophene rings is 1. The Bertz CT molecular complexity index is 460. The van der Waals surface area contributed by atoms with E-state index in [0.717, 1.165) is 6.42 Å². The minimum Gasteiger partial charge on any atom is -0.478 e. The molecule has 1 aliphatic rings. The van der Waals surface area contributed by atoms with Crippen molar-refractivity contribution in [2.45, 2.75) is 12.5 Å². The summed E-state index contributed by atoms with van der Waals surface area (Å²) in [7, 11) is 1.62. The molecule has 1 fully saturated rings. The van der Waals surface area contributed by atoms with Crippen molar-refractivity contribution in [3.63, 3.8) is 0 Å². The normalized spacial score (nSPS) is 18.9. The molecule has 0 aliphatic carbocycles. The maximum atomic E-state index is 11.9. The van der Waals surface area contributed by atoms with Gasteiger partial charge in [0, 0.05) is 20.2 Å². The van der Waals surface area contributed by atoms with Crippen LogP contribution < -0.4 is 5.32 Å². The van der Waals surface area contributed by atoms with Crippen LogP contribution in [-0.2, 0) is 4.74 Å². The number of carbonyl (C=O) groups is 2. The van der Waals surface area contributed by atoms with Gasteiger partial charge >= 0.3 is 12.0 Å². The van der Waals surface area contributed by atoms with E-state index in [2.05, 4.69) is 5.32 Å². The predicted octanol–water partition coefficient (Wildman–Crippen LogP) is 1.70. The lowest BCUT2D eigenvalue weighted by atomic mass is 10.3. The lowest BCUT2D eigenvalue weighted by Gasteiger charge is -2.16. The fourth-order valence-corrected chi connectivity index (χ4v) is 2.62. The first kappa shape index (κ1) is 12.8. The molecule has 7 heteroatoms. The number of amides is 2. The van der Waals surface area contributed by atoms with E-state index in [1.54, 1.807) is 17.4 Å². The Hall–Kier alpha value is -1.60. The van der Waals surface area contributed by atoms with Crippen LogP contribution in [0, 0.1) is 0 Å². The van der Waals surface area contributed by atoms with E-state index < -0.39 is 5.97 Å². The molecule has 6 nitrogen and oxygen atoms in total. The molecule has 1 saturated heterocycles. The van der Waals surface area contributed by atoms with Crippen molar-refractivity contribution in [1.29, 1.82) is 0 Å². The lowest BCUT2D eigenvalue weighted by molar-refractivity contribution is 0.0698. The second kappa shape index (κ2) is 5.36. The summed E-state index contributed by atoms with van der Waals surface area (Å²) in [4.78, 5) is 24.5. The molecule has 2 N–H and O–H groups in total. The van der Waals surface area contributed by atoms with Crippen LogP contribution in [0.1, 0.15) is 16.8 Å². The van der Waals surface area contributed by atoms with Crippen LogP contribution in [0.25, 0.3) is 0 Å². The van der Waals surface area contributed by atoms with Crippen LogP contribution in [0.4, 0.5) is 9.80 Å². The van der Waals surface area contributed by atoms with Gasteiger partial charge in [-0.15, -0.1) is 11.3 Å². The Morgan fingerprint density at radius 3 is 3.00 bits per heavy atom. The van der Waals surface area contributed by atoms with Gasteiger partial charge in [0.2, 0.25) is 0 Å². The van der Waals surface area contributed by atoms with E-state index in [1.165, 1.54) is 17.4 Å². The second-order valence-corrected chi connectivity index (χ2v) is 4.91. The number of methoxy groups -OCH3 is 1. The summed E-state index contributed by atoms with van der Waals surface area (Å²) < 4.78 is 5.18. The van der Waals surface area contributed by atoms with Gasteiger partial charge in [-0.2, -0.15) is 0 Å². The third kappa shape index (κ3) is 2.62. The topological polar surface area (TPSA) is 78.9 Å². The number of carboxylic acids is 1. The standard InChI is InChI=1S/C11H14N2O4S/c1-17-7-2-4-13(6-7)11(16)12-9-8(10(14)15)3-5-18-9/h3,5,7H,2,4,6H2,1H3,(H,12,16)(H,14,15). The average molecular weight is 270 g/mol. The molecule has 2 amide bonds. The Morgan fingerprint density at radius 2 is 2.39 bits per heavy atom. The number of carboxylic acid groups (broad SMARTS) is 1. The van der Waals surface area contributed by atoms with E-state index in [9.17, 15) is 9.59 Å². The predicted molar refractivity (Wildman–Crippen MR) is 67.3 cm³/mol. The minimum absolute atomic E-state index is 0.0676. The highest BCUT2D eigenvalue weighted by atomic mass is 32.1. The number of aromatic carboxylic acids is 1. The largest absolute Gasteiger partial charge is 0.478 e. The molecule has 1 aliphatic heterocycles. The van der Waals surface area contributed by atoms with Crippen molar-refractivity contribution < 1.29 is 19.4 Å². The summed E-state index contributed by atoms with van der Waals surface area (Å²) in [6.07, 6.45) is 0.873. The summed E-state index contributed by atoms with van der Waals surface area (Å²) in [5, 5.41) is 13.6. The molecular formula is C11H14N2O4S. The zero-order valence-corrected chi connectivity index (χ0v) is 10.7. The molecule has 0 radical (unpaired) electrons. The van der Waals surface area contributed by atoms with Crippen molar-refractivity contribution in [3.8, 4) is 0 Å². The SMILES string of the molecule is COC1CCN(C(=O)Nc2sccc2C(=O)O)C1. The molecule has 1 aromatic rings. The lowest BCUT2D eigenvalue weighted by Crippen LogP contribution is -2.34. The quantitative estimate of drug-likeness (QED) is 0.876. The maximum absolute atomic E-state index is 11.9. The van der Waals surface area contributed by atoms with Crippen LogP contribution in [0.5, 0.6) is 0 Å². The van der Waals surface area contributed by atoms with E-state index >= 15 is 0 Å². The zero-order valence-electron chi connectivity index (χ0n) is 9.88. The number of urea groups is 1. The van der Waals surface area contributed by atoms with E-state index in [4.69, 9.17) is 9.84 Å². The monoisotopic (exact) mass is 270 g/mol.